The highest BCUT2D eigenvalue weighted by Gasteiger charge is 2.37. The molecule has 1 aromatic rings. The van der Waals surface area contributed by atoms with Gasteiger partial charge in [0.2, 0.25) is 0 Å². The van der Waals surface area contributed by atoms with Crippen molar-refractivity contribution in [1.29, 1.82) is 0 Å². The van der Waals surface area contributed by atoms with E-state index in [-0.39, 0.29) is 5.82 Å². The molecular formula is C14H20FN. The molecule has 1 nitrogen and oxygen atoms in total. The van der Waals surface area contributed by atoms with E-state index in [0.717, 1.165) is 12.8 Å². The minimum atomic E-state index is -0.470. The van der Waals surface area contributed by atoms with Crippen molar-refractivity contribution in [1.82, 2.24) is 0 Å². The minimum Gasteiger partial charge on any atom is -0.321 e. The molecule has 2 rings (SSSR count). The van der Waals surface area contributed by atoms with E-state index >= 15 is 0 Å². The van der Waals surface area contributed by atoms with Crippen LogP contribution in [0, 0.1) is 17.7 Å². The largest absolute Gasteiger partial charge is 0.321 e. The predicted molar refractivity (Wildman–Crippen MR) is 64.4 cm³/mol. The van der Waals surface area contributed by atoms with Crippen molar-refractivity contribution in [2.75, 3.05) is 0 Å². The number of hydrogen-bond donors (Lipinski definition) is 1. The normalized spacial score (nSPS) is 35.0. The summed E-state index contributed by atoms with van der Waals surface area (Å²) in [5, 5.41) is 0. The third kappa shape index (κ3) is 2.12. The van der Waals surface area contributed by atoms with E-state index in [0.29, 0.717) is 17.4 Å². The molecule has 0 aliphatic heterocycles. The fourth-order valence-corrected chi connectivity index (χ4v) is 3.27. The number of rotatable bonds is 1. The zero-order chi connectivity index (χ0) is 11.8. The summed E-state index contributed by atoms with van der Waals surface area (Å²) in [7, 11) is 0. The van der Waals surface area contributed by atoms with Gasteiger partial charge in [0, 0.05) is 11.1 Å². The van der Waals surface area contributed by atoms with Crippen LogP contribution < -0.4 is 5.73 Å². The van der Waals surface area contributed by atoms with Crippen molar-refractivity contribution < 1.29 is 4.39 Å². The van der Waals surface area contributed by atoms with Crippen LogP contribution in [0.25, 0.3) is 0 Å². The van der Waals surface area contributed by atoms with E-state index in [9.17, 15) is 4.39 Å². The Morgan fingerprint density at radius 3 is 2.31 bits per heavy atom. The molecule has 1 fully saturated rings. The van der Waals surface area contributed by atoms with E-state index in [4.69, 9.17) is 5.73 Å². The summed E-state index contributed by atoms with van der Waals surface area (Å²) >= 11 is 0. The first-order valence-corrected chi connectivity index (χ1v) is 6.05. The van der Waals surface area contributed by atoms with Crippen molar-refractivity contribution in [2.24, 2.45) is 17.6 Å². The minimum absolute atomic E-state index is 0.161. The fourth-order valence-electron chi connectivity index (χ4n) is 3.27. The molecule has 0 saturated heterocycles. The second-order valence-corrected chi connectivity index (χ2v) is 5.49. The lowest BCUT2D eigenvalue weighted by molar-refractivity contribution is 0.179. The summed E-state index contributed by atoms with van der Waals surface area (Å²) in [6.45, 7) is 4.41. The van der Waals surface area contributed by atoms with Crippen LogP contribution in [0.3, 0.4) is 0 Å². The molecule has 0 aromatic heterocycles. The van der Waals surface area contributed by atoms with Crippen LogP contribution in [-0.4, -0.2) is 0 Å². The second-order valence-electron chi connectivity index (χ2n) is 5.49. The van der Waals surface area contributed by atoms with Gasteiger partial charge in [0.05, 0.1) is 0 Å². The summed E-state index contributed by atoms with van der Waals surface area (Å²) in [6, 6.07) is 6.93. The van der Waals surface area contributed by atoms with Crippen molar-refractivity contribution in [3.05, 3.63) is 35.6 Å². The molecule has 16 heavy (non-hydrogen) atoms. The Morgan fingerprint density at radius 1 is 1.19 bits per heavy atom. The molecule has 2 N–H and O–H groups in total. The van der Waals surface area contributed by atoms with E-state index in [1.54, 1.807) is 6.07 Å². The maximum atomic E-state index is 13.8. The van der Waals surface area contributed by atoms with Gasteiger partial charge in [0.25, 0.3) is 0 Å². The number of nitrogens with two attached hydrogens (primary N) is 1. The molecule has 1 saturated carbocycles. The lowest BCUT2D eigenvalue weighted by Gasteiger charge is -2.40. The molecule has 2 heteroatoms. The van der Waals surface area contributed by atoms with Crippen LogP contribution in [0.5, 0.6) is 0 Å². The highest BCUT2D eigenvalue weighted by Crippen LogP contribution is 2.41. The molecule has 0 radical (unpaired) electrons. The van der Waals surface area contributed by atoms with Gasteiger partial charge in [-0.2, -0.15) is 0 Å². The summed E-state index contributed by atoms with van der Waals surface area (Å²) in [5.41, 5.74) is 6.64. The number of halogens is 1. The Hall–Kier alpha value is -0.890. The van der Waals surface area contributed by atoms with Gasteiger partial charge in [0.15, 0.2) is 0 Å². The van der Waals surface area contributed by atoms with Crippen molar-refractivity contribution in [3.63, 3.8) is 0 Å². The third-order valence-corrected chi connectivity index (χ3v) is 3.64. The molecule has 1 aromatic carbocycles. The Kier molecular flexibility index (Phi) is 3.02. The number of hydrogen-bond acceptors (Lipinski definition) is 1. The van der Waals surface area contributed by atoms with Crippen molar-refractivity contribution in [3.8, 4) is 0 Å². The van der Waals surface area contributed by atoms with Gasteiger partial charge in [-0.25, -0.2) is 4.39 Å². The van der Waals surface area contributed by atoms with Crippen molar-refractivity contribution >= 4 is 0 Å². The van der Waals surface area contributed by atoms with Gasteiger partial charge in [-0.05, 0) is 37.2 Å². The average molecular weight is 221 g/mol. The van der Waals surface area contributed by atoms with Gasteiger partial charge >= 0.3 is 0 Å². The summed E-state index contributed by atoms with van der Waals surface area (Å²) in [6.07, 6.45) is 2.98. The van der Waals surface area contributed by atoms with Gasteiger partial charge < -0.3 is 5.73 Å². The molecule has 0 amide bonds. The average Bonchev–Trinajstić information content (AvgIpc) is 2.15. The summed E-state index contributed by atoms with van der Waals surface area (Å²) in [4.78, 5) is 0. The second kappa shape index (κ2) is 4.17. The Labute approximate surface area is 96.9 Å². The zero-order valence-electron chi connectivity index (χ0n) is 10.0. The van der Waals surface area contributed by atoms with Crippen LogP contribution in [0.4, 0.5) is 4.39 Å². The third-order valence-electron chi connectivity index (χ3n) is 3.64. The van der Waals surface area contributed by atoms with Gasteiger partial charge in [-0.15, -0.1) is 0 Å². The molecule has 1 aliphatic rings. The molecule has 88 valence electrons. The topological polar surface area (TPSA) is 26.0 Å². The lowest BCUT2D eigenvalue weighted by Crippen LogP contribution is -2.44. The Bertz CT molecular complexity index is 365. The molecule has 0 bridgehead atoms. The molecule has 0 heterocycles. The number of benzene rings is 1. The molecule has 2 unspecified atom stereocenters. The maximum Gasteiger partial charge on any atom is 0.128 e. The van der Waals surface area contributed by atoms with Crippen LogP contribution in [0.2, 0.25) is 0 Å². The van der Waals surface area contributed by atoms with E-state index in [1.165, 1.54) is 12.5 Å². The highest BCUT2D eigenvalue weighted by molar-refractivity contribution is 5.26. The van der Waals surface area contributed by atoms with Gasteiger partial charge in [-0.3, -0.25) is 0 Å². The monoisotopic (exact) mass is 221 g/mol. The highest BCUT2D eigenvalue weighted by atomic mass is 19.1. The van der Waals surface area contributed by atoms with E-state index in [2.05, 4.69) is 13.8 Å². The first-order chi connectivity index (χ1) is 7.51. The van der Waals surface area contributed by atoms with E-state index < -0.39 is 5.54 Å². The zero-order valence-corrected chi connectivity index (χ0v) is 10.0. The fraction of sp³-hybridized carbons (Fsp3) is 0.571. The first kappa shape index (κ1) is 11.6. The molecular weight excluding hydrogens is 201 g/mol. The van der Waals surface area contributed by atoms with Crippen LogP contribution >= 0.6 is 0 Å². The van der Waals surface area contributed by atoms with Gasteiger partial charge in [-0.1, -0.05) is 32.0 Å². The molecule has 2 atom stereocenters. The maximum absolute atomic E-state index is 13.8. The predicted octanol–water partition coefficient (Wildman–Crippen LogP) is 3.44. The summed E-state index contributed by atoms with van der Waals surface area (Å²) < 4.78 is 13.8. The van der Waals surface area contributed by atoms with Gasteiger partial charge in [0.1, 0.15) is 5.82 Å². The SMILES string of the molecule is CC1CC(C)CC(N)(c2ccccc2F)C1. The van der Waals surface area contributed by atoms with Crippen molar-refractivity contribution in [2.45, 2.75) is 38.6 Å². The summed E-state index contributed by atoms with van der Waals surface area (Å²) in [5.74, 6) is 0.994. The Balaban J connectivity index is 2.34. The smallest absolute Gasteiger partial charge is 0.128 e. The first-order valence-electron chi connectivity index (χ1n) is 6.05. The lowest BCUT2D eigenvalue weighted by atomic mass is 9.69. The molecule has 0 spiro atoms. The van der Waals surface area contributed by atoms with Crippen LogP contribution in [-0.2, 0) is 5.54 Å². The van der Waals surface area contributed by atoms with Crippen LogP contribution in [0.15, 0.2) is 24.3 Å². The Morgan fingerprint density at radius 2 is 1.75 bits per heavy atom. The molecule has 1 aliphatic carbocycles. The standard InChI is InChI=1S/C14H20FN/c1-10-7-11(2)9-14(16,8-10)12-5-3-4-6-13(12)15/h3-6,10-11H,7-9,16H2,1-2H3. The van der Waals surface area contributed by atoms with E-state index in [1.807, 2.05) is 12.1 Å². The quantitative estimate of drug-likeness (QED) is 0.772. The van der Waals surface area contributed by atoms with Crippen LogP contribution in [0.1, 0.15) is 38.7 Å².